The minimum Gasteiger partial charge on any atom is -0.468 e. The van der Waals surface area contributed by atoms with Crippen LogP contribution in [0.2, 0.25) is 0 Å². The third-order valence-electron chi connectivity index (χ3n) is 4.63. The number of sulfonamides is 1. The van der Waals surface area contributed by atoms with Crippen LogP contribution in [-0.2, 0) is 20.6 Å². The number of nitrogens with zero attached hydrogens (tertiary/aromatic N) is 1. The maximum absolute atomic E-state index is 13.3. The summed E-state index contributed by atoms with van der Waals surface area (Å²) in [4.78, 5) is 12.8. The van der Waals surface area contributed by atoms with E-state index < -0.39 is 10.0 Å². The zero-order valence-electron chi connectivity index (χ0n) is 17.6. The van der Waals surface area contributed by atoms with Crippen LogP contribution in [0.5, 0.6) is 0 Å². The van der Waals surface area contributed by atoms with Crippen molar-refractivity contribution >= 4 is 33.4 Å². The fraction of sp³-hybridized carbons (Fsp3) is 0.261. The molecule has 0 aliphatic rings. The Labute approximate surface area is 187 Å². The molecule has 1 amide bonds. The van der Waals surface area contributed by atoms with Crippen molar-refractivity contribution in [2.24, 2.45) is 0 Å². The second-order valence-corrected chi connectivity index (χ2v) is 10.1. The monoisotopic (exact) mass is 458 g/mol. The number of hydrogen-bond donors (Lipinski definition) is 1. The van der Waals surface area contributed by atoms with E-state index in [0.717, 1.165) is 22.6 Å². The van der Waals surface area contributed by atoms with E-state index in [1.54, 1.807) is 42.3 Å². The molecule has 0 unspecified atom stereocenters. The van der Waals surface area contributed by atoms with Gasteiger partial charge in [0.25, 0.3) is 10.0 Å². The summed E-state index contributed by atoms with van der Waals surface area (Å²) in [5.41, 5.74) is 2.31. The van der Waals surface area contributed by atoms with Crippen molar-refractivity contribution < 1.29 is 17.6 Å². The highest BCUT2D eigenvalue weighted by Crippen LogP contribution is 2.27. The van der Waals surface area contributed by atoms with Crippen LogP contribution in [0.4, 0.5) is 5.69 Å². The summed E-state index contributed by atoms with van der Waals surface area (Å²) in [5.74, 6) is 1.95. The lowest BCUT2D eigenvalue weighted by Gasteiger charge is -2.26. The average Bonchev–Trinajstić information content (AvgIpc) is 3.26. The molecule has 31 heavy (non-hydrogen) atoms. The predicted molar refractivity (Wildman–Crippen MR) is 125 cm³/mol. The topological polar surface area (TPSA) is 79.6 Å². The second kappa shape index (κ2) is 10.5. The van der Waals surface area contributed by atoms with Crippen molar-refractivity contribution in [3.63, 3.8) is 0 Å². The number of hydrogen-bond acceptors (Lipinski definition) is 5. The number of carbonyl (C=O) groups is 1. The van der Waals surface area contributed by atoms with Crippen molar-refractivity contribution in [3.8, 4) is 0 Å². The number of thioether (sulfide) groups is 1. The molecule has 0 saturated heterocycles. The Bertz CT molecular complexity index is 1100. The van der Waals surface area contributed by atoms with Gasteiger partial charge in [-0.1, -0.05) is 35.9 Å². The number of nitrogens with one attached hydrogen (secondary N) is 1. The number of furan rings is 1. The maximum atomic E-state index is 13.3. The summed E-state index contributed by atoms with van der Waals surface area (Å²) in [7, 11) is -3.89. The number of carbonyl (C=O) groups excluding carboxylic acids is 1. The number of anilines is 1. The van der Waals surface area contributed by atoms with Gasteiger partial charge in [0, 0.05) is 12.3 Å². The smallest absolute Gasteiger partial charge is 0.264 e. The van der Waals surface area contributed by atoms with E-state index in [0.29, 0.717) is 18.0 Å². The van der Waals surface area contributed by atoms with Crippen LogP contribution in [0.15, 0.2) is 76.2 Å². The van der Waals surface area contributed by atoms with E-state index in [4.69, 9.17) is 4.42 Å². The van der Waals surface area contributed by atoms with Gasteiger partial charge in [0.15, 0.2) is 0 Å². The van der Waals surface area contributed by atoms with E-state index in [1.165, 1.54) is 16.4 Å². The minimum atomic E-state index is -3.89. The van der Waals surface area contributed by atoms with E-state index in [-0.39, 0.29) is 17.3 Å². The predicted octanol–water partition coefficient (Wildman–Crippen LogP) is 4.14. The normalized spacial score (nSPS) is 11.3. The van der Waals surface area contributed by atoms with Gasteiger partial charge in [-0.3, -0.25) is 9.10 Å². The molecule has 3 rings (SSSR count). The van der Waals surface area contributed by atoms with Crippen LogP contribution < -0.4 is 9.62 Å². The van der Waals surface area contributed by atoms with Crippen molar-refractivity contribution in [2.45, 2.75) is 24.5 Å². The summed E-state index contributed by atoms with van der Waals surface area (Å²) in [5, 5.41) is 2.82. The van der Waals surface area contributed by atoms with Crippen LogP contribution in [0.1, 0.15) is 16.9 Å². The molecule has 0 atom stereocenters. The van der Waals surface area contributed by atoms with Gasteiger partial charge in [-0.2, -0.15) is 11.8 Å². The minimum absolute atomic E-state index is 0.150. The Morgan fingerprint density at radius 2 is 1.84 bits per heavy atom. The molecule has 2 aromatic carbocycles. The first kappa shape index (κ1) is 23.0. The van der Waals surface area contributed by atoms with Crippen molar-refractivity contribution in [2.75, 3.05) is 23.1 Å². The fourth-order valence-corrected chi connectivity index (χ4v) is 5.38. The first-order chi connectivity index (χ1) is 14.9. The van der Waals surface area contributed by atoms with E-state index in [2.05, 4.69) is 5.32 Å². The van der Waals surface area contributed by atoms with E-state index in [9.17, 15) is 13.2 Å². The summed E-state index contributed by atoms with van der Waals surface area (Å²) in [6.07, 6.45) is 1.63. The lowest BCUT2D eigenvalue weighted by Crippen LogP contribution is -2.41. The van der Waals surface area contributed by atoms with Crippen LogP contribution in [0.3, 0.4) is 0 Å². The summed E-state index contributed by atoms with van der Waals surface area (Å²) in [6, 6.07) is 17.4. The van der Waals surface area contributed by atoms with Crippen LogP contribution >= 0.6 is 11.8 Å². The molecule has 0 saturated carbocycles. The molecule has 8 heteroatoms. The van der Waals surface area contributed by atoms with Gasteiger partial charge in [0.1, 0.15) is 12.3 Å². The van der Waals surface area contributed by atoms with Gasteiger partial charge >= 0.3 is 0 Å². The zero-order valence-corrected chi connectivity index (χ0v) is 19.2. The molecule has 1 heterocycles. The van der Waals surface area contributed by atoms with Gasteiger partial charge < -0.3 is 9.73 Å². The molecule has 0 radical (unpaired) electrons. The maximum Gasteiger partial charge on any atom is 0.264 e. The Morgan fingerprint density at radius 1 is 1.06 bits per heavy atom. The highest BCUT2D eigenvalue weighted by atomic mass is 32.2. The number of rotatable bonds is 10. The Kier molecular flexibility index (Phi) is 7.81. The van der Waals surface area contributed by atoms with Crippen LogP contribution in [0.25, 0.3) is 0 Å². The van der Waals surface area contributed by atoms with Gasteiger partial charge in [0.05, 0.1) is 22.6 Å². The van der Waals surface area contributed by atoms with E-state index >= 15 is 0 Å². The summed E-state index contributed by atoms with van der Waals surface area (Å²) < 4.78 is 33.2. The second-order valence-electron chi connectivity index (χ2n) is 7.10. The molecule has 0 aliphatic heterocycles. The molecule has 1 N–H and O–H groups in total. The zero-order chi connectivity index (χ0) is 22.3. The fourth-order valence-electron chi connectivity index (χ4n) is 3.12. The Morgan fingerprint density at radius 3 is 2.52 bits per heavy atom. The Hall–Kier alpha value is -2.71. The number of amides is 1. The molecular weight excluding hydrogens is 432 g/mol. The molecule has 0 aliphatic carbocycles. The molecule has 164 valence electrons. The number of aryl methyl sites for hydroxylation is 2. The SMILES string of the molecule is Cc1ccc(N(CC(=O)NCCSCc2ccco2)S(=O)(=O)c2ccccc2)c(C)c1. The van der Waals surface area contributed by atoms with Crippen molar-refractivity contribution in [1.29, 1.82) is 0 Å². The standard InChI is InChI=1S/C23H26N2O4S2/c1-18-10-11-22(19(2)15-18)25(31(27,28)21-8-4-3-5-9-21)16-23(26)24-12-14-30-17-20-7-6-13-29-20/h3-11,13,15H,12,14,16-17H2,1-2H3,(H,24,26). The van der Waals surface area contributed by atoms with E-state index in [1.807, 2.05) is 38.1 Å². The van der Waals surface area contributed by atoms with Crippen LogP contribution in [-0.4, -0.2) is 33.2 Å². The highest BCUT2D eigenvalue weighted by molar-refractivity contribution is 7.98. The van der Waals surface area contributed by atoms with Gasteiger partial charge in [0.2, 0.25) is 5.91 Å². The third-order valence-corrected chi connectivity index (χ3v) is 7.39. The first-order valence-electron chi connectivity index (χ1n) is 9.90. The van der Waals surface area contributed by atoms with Crippen molar-refractivity contribution in [3.05, 3.63) is 83.8 Å². The highest BCUT2D eigenvalue weighted by Gasteiger charge is 2.28. The molecular formula is C23H26N2O4S2. The molecule has 0 bridgehead atoms. The summed E-state index contributed by atoms with van der Waals surface area (Å²) in [6.45, 7) is 3.94. The quantitative estimate of drug-likeness (QED) is 0.462. The molecule has 1 aromatic heterocycles. The largest absolute Gasteiger partial charge is 0.468 e. The molecule has 0 spiro atoms. The third kappa shape index (κ3) is 6.15. The summed E-state index contributed by atoms with van der Waals surface area (Å²) >= 11 is 1.63. The lowest BCUT2D eigenvalue weighted by molar-refractivity contribution is -0.119. The molecule has 6 nitrogen and oxygen atoms in total. The van der Waals surface area contributed by atoms with Crippen LogP contribution in [0, 0.1) is 13.8 Å². The van der Waals surface area contributed by atoms with Gasteiger partial charge in [-0.05, 0) is 49.7 Å². The first-order valence-corrected chi connectivity index (χ1v) is 12.5. The lowest BCUT2D eigenvalue weighted by atomic mass is 10.1. The number of benzene rings is 2. The van der Waals surface area contributed by atoms with Gasteiger partial charge in [-0.15, -0.1) is 0 Å². The molecule has 0 fully saturated rings. The Balaban J connectivity index is 1.70. The molecule has 3 aromatic rings. The van der Waals surface area contributed by atoms with Gasteiger partial charge in [-0.25, -0.2) is 8.42 Å². The average molecular weight is 459 g/mol. The van der Waals surface area contributed by atoms with Crippen molar-refractivity contribution in [1.82, 2.24) is 5.32 Å².